The number of methoxy groups -OCH3 is 1. The number of hydrogen-bond donors (Lipinski definition) is 1. The van der Waals surface area contributed by atoms with Crippen LogP contribution in [0.4, 0.5) is 18.3 Å². The maximum Gasteiger partial charge on any atom is 0.416 e. The molecule has 0 bridgehead atoms. The molecule has 0 aliphatic heterocycles. The van der Waals surface area contributed by atoms with Crippen molar-refractivity contribution in [3.05, 3.63) is 81.6 Å². The van der Waals surface area contributed by atoms with Crippen LogP contribution in [-0.2, 0) is 12.8 Å². The lowest BCUT2D eigenvalue weighted by molar-refractivity contribution is -0.137. The molecule has 0 saturated heterocycles. The number of nitrogens with one attached hydrogen (secondary N) is 1. The summed E-state index contributed by atoms with van der Waals surface area (Å²) in [7, 11) is 1.34. The van der Waals surface area contributed by atoms with E-state index in [2.05, 4.69) is 20.5 Å². The van der Waals surface area contributed by atoms with Crippen LogP contribution in [0, 0.1) is 6.92 Å². The third-order valence-corrected chi connectivity index (χ3v) is 6.03. The molecule has 0 aliphatic carbocycles. The predicted molar refractivity (Wildman–Crippen MR) is 130 cm³/mol. The zero-order valence-corrected chi connectivity index (χ0v) is 20.5. The number of carbonyl (C=O) groups is 1. The van der Waals surface area contributed by atoms with Crippen LogP contribution < -0.4 is 14.8 Å². The van der Waals surface area contributed by atoms with E-state index in [-0.39, 0.29) is 34.2 Å². The van der Waals surface area contributed by atoms with Gasteiger partial charge in [0.1, 0.15) is 18.1 Å². The number of pyridine rings is 1. The zero-order valence-electron chi connectivity index (χ0n) is 18.9. The van der Waals surface area contributed by atoms with Crippen LogP contribution in [-0.4, -0.2) is 28.2 Å². The molecule has 7 nitrogen and oxygen atoms in total. The molecule has 1 amide bonds. The first-order valence-corrected chi connectivity index (χ1v) is 11.6. The van der Waals surface area contributed by atoms with Gasteiger partial charge in [-0.25, -0.2) is 0 Å². The van der Waals surface area contributed by atoms with Crippen molar-refractivity contribution < 1.29 is 27.4 Å². The number of nitrogens with zero attached hydrogens (tertiary/aromatic N) is 3. The van der Waals surface area contributed by atoms with Gasteiger partial charge in [0.2, 0.25) is 5.13 Å². The first-order chi connectivity index (χ1) is 17.1. The van der Waals surface area contributed by atoms with Gasteiger partial charge in [-0.15, -0.1) is 10.2 Å². The number of hydrogen-bond acceptors (Lipinski definition) is 7. The monoisotopic (exact) mass is 534 g/mol. The van der Waals surface area contributed by atoms with Gasteiger partial charge in [0, 0.05) is 28.0 Å². The summed E-state index contributed by atoms with van der Waals surface area (Å²) in [6, 6.07) is 11.4. The molecule has 2 heterocycles. The minimum absolute atomic E-state index is 0.0485. The van der Waals surface area contributed by atoms with E-state index in [1.165, 1.54) is 25.4 Å². The molecule has 0 aliphatic rings. The summed E-state index contributed by atoms with van der Waals surface area (Å²) in [5.74, 6) is 0.157. The number of benzene rings is 2. The third kappa shape index (κ3) is 5.92. The summed E-state index contributed by atoms with van der Waals surface area (Å²) >= 11 is 6.95. The van der Waals surface area contributed by atoms with Crippen LogP contribution in [0.3, 0.4) is 0 Å². The van der Waals surface area contributed by atoms with Gasteiger partial charge < -0.3 is 9.47 Å². The van der Waals surface area contributed by atoms with Crippen molar-refractivity contribution in [2.45, 2.75) is 19.7 Å². The first kappa shape index (κ1) is 25.4. The molecular weight excluding hydrogens is 517 g/mol. The van der Waals surface area contributed by atoms with Crippen LogP contribution in [0.1, 0.15) is 26.6 Å². The first-order valence-electron chi connectivity index (χ1n) is 10.4. The van der Waals surface area contributed by atoms with Crippen molar-refractivity contribution in [2.24, 2.45) is 0 Å². The molecule has 2 aromatic carbocycles. The highest BCUT2D eigenvalue weighted by Crippen LogP contribution is 2.38. The minimum Gasteiger partial charge on any atom is -0.496 e. The molecular formula is C24H18ClF3N4O3S. The molecule has 0 fully saturated rings. The van der Waals surface area contributed by atoms with E-state index in [4.69, 9.17) is 21.1 Å². The van der Waals surface area contributed by atoms with Crippen molar-refractivity contribution in [1.82, 2.24) is 15.2 Å². The van der Waals surface area contributed by atoms with Gasteiger partial charge in [-0.05, 0) is 55.5 Å². The van der Waals surface area contributed by atoms with E-state index >= 15 is 0 Å². The maximum absolute atomic E-state index is 13.4. The number of amides is 1. The number of carbonyl (C=O) groups excluding carboxylic acids is 1. The van der Waals surface area contributed by atoms with E-state index < -0.39 is 17.6 Å². The molecule has 186 valence electrons. The van der Waals surface area contributed by atoms with Crippen LogP contribution in [0.25, 0.3) is 11.1 Å². The lowest BCUT2D eigenvalue weighted by Gasteiger charge is -2.15. The molecule has 1 N–H and O–H groups in total. The summed E-state index contributed by atoms with van der Waals surface area (Å²) < 4.78 is 51.0. The lowest BCUT2D eigenvalue weighted by atomic mass is 9.97. The van der Waals surface area contributed by atoms with Gasteiger partial charge in [0.25, 0.3) is 5.91 Å². The summed E-state index contributed by atoms with van der Waals surface area (Å²) in [5.41, 5.74) is 0.0376. The van der Waals surface area contributed by atoms with Gasteiger partial charge in [-0.3, -0.25) is 15.1 Å². The number of aromatic nitrogens is 3. The Morgan fingerprint density at radius 2 is 1.83 bits per heavy atom. The third-order valence-electron chi connectivity index (χ3n) is 4.97. The summed E-state index contributed by atoms with van der Waals surface area (Å²) in [5, 5.41) is 11.8. The van der Waals surface area contributed by atoms with E-state index in [1.807, 2.05) is 0 Å². The summed E-state index contributed by atoms with van der Waals surface area (Å²) in [6.45, 7) is 1.79. The summed E-state index contributed by atoms with van der Waals surface area (Å²) in [6.07, 6.45) is -3.27. The van der Waals surface area contributed by atoms with Gasteiger partial charge in [0.15, 0.2) is 5.01 Å². The highest BCUT2D eigenvalue weighted by molar-refractivity contribution is 7.15. The Morgan fingerprint density at radius 3 is 2.53 bits per heavy atom. The largest absolute Gasteiger partial charge is 0.496 e. The second-order valence-electron chi connectivity index (χ2n) is 7.48. The average Bonchev–Trinajstić information content (AvgIpc) is 3.29. The smallest absolute Gasteiger partial charge is 0.416 e. The molecule has 36 heavy (non-hydrogen) atoms. The Bertz CT molecular complexity index is 1390. The van der Waals surface area contributed by atoms with Gasteiger partial charge >= 0.3 is 6.18 Å². The van der Waals surface area contributed by atoms with E-state index in [1.54, 1.807) is 31.2 Å². The fraction of sp³-hybridized carbons (Fsp3) is 0.167. The second kappa shape index (κ2) is 10.5. The Balaban J connectivity index is 1.57. The van der Waals surface area contributed by atoms with E-state index in [9.17, 15) is 18.0 Å². The number of halogens is 4. The predicted octanol–water partition coefficient (Wildman–Crippen LogP) is 6.42. The molecule has 2 aromatic heterocycles. The Hall–Kier alpha value is -3.70. The number of alkyl halides is 3. The van der Waals surface area contributed by atoms with Gasteiger partial charge in [0.05, 0.1) is 18.2 Å². The Labute approximate surface area is 212 Å². The van der Waals surface area contributed by atoms with Gasteiger partial charge in [-0.2, -0.15) is 13.2 Å². The Kier molecular flexibility index (Phi) is 7.41. The number of ether oxygens (including phenoxy) is 2. The molecule has 0 spiro atoms. The fourth-order valence-electron chi connectivity index (χ4n) is 3.26. The van der Waals surface area contributed by atoms with Crippen LogP contribution >= 0.6 is 22.9 Å². The number of aryl methyl sites for hydroxylation is 1. The molecule has 0 unspecified atom stereocenters. The summed E-state index contributed by atoms with van der Waals surface area (Å²) in [4.78, 5) is 17.2. The van der Waals surface area contributed by atoms with Crippen molar-refractivity contribution in [3.8, 4) is 22.6 Å². The van der Waals surface area contributed by atoms with Crippen LogP contribution in [0.15, 0.2) is 54.7 Å². The molecule has 0 atom stereocenters. The Morgan fingerprint density at radius 1 is 1.08 bits per heavy atom. The zero-order chi connectivity index (χ0) is 25.9. The SMILES string of the molecule is COc1ccc(C(F)(F)F)cc1-c1cc(C)ncc1C(=O)Nc1nnc(COc2ccc(Cl)cc2)s1. The maximum atomic E-state index is 13.4. The highest BCUT2D eigenvalue weighted by Gasteiger charge is 2.32. The van der Waals surface area contributed by atoms with Crippen molar-refractivity contribution in [2.75, 3.05) is 12.4 Å². The minimum atomic E-state index is -4.57. The quantitative estimate of drug-likeness (QED) is 0.294. The van der Waals surface area contributed by atoms with Crippen LogP contribution in [0.5, 0.6) is 11.5 Å². The van der Waals surface area contributed by atoms with Crippen LogP contribution in [0.2, 0.25) is 5.02 Å². The van der Waals surface area contributed by atoms with Crippen molar-refractivity contribution in [1.29, 1.82) is 0 Å². The second-order valence-corrected chi connectivity index (χ2v) is 8.98. The average molecular weight is 535 g/mol. The fourth-order valence-corrected chi connectivity index (χ4v) is 4.04. The normalized spacial score (nSPS) is 11.3. The van der Waals surface area contributed by atoms with E-state index in [0.29, 0.717) is 21.5 Å². The number of rotatable bonds is 7. The van der Waals surface area contributed by atoms with Gasteiger partial charge in [-0.1, -0.05) is 22.9 Å². The standard InChI is InChI=1S/C24H18ClF3N4O3S/c1-13-9-17(18-10-14(24(26,27)28)3-8-20(18)34-2)19(11-29-13)22(33)30-23-32-31-21(36-23)12-35-16-6-4-15(25)5-7-16/h3-11H,12H2,1-2H3,(H,30,32,33). The molecule has 0 saturated carbocycles. The topological polar surface area (TPSA) is 86.2 Å². The highest BCUT2D eigenvalue weighted by atomic mass is 35.5. The molecule has 4 rings (SSSR count). The molecule has 12 heteroatoms. The lowest BCUT2D eigenvalue weighted by Crippen LogP contribution is -2.14. The molecule has 0 radical (unpaired) electrons. The molecule has 4 aromatic rings. The van der Waals surface area contributed by atoms with E-state index in [0.717, 1.165) is 23.5 Å². The number of anilines is 1. The van der Waals surface area contributed by atoms with Crippen molar-refractivity contribution >= 4 is 34.0 Å². The van der Waals surface area contributed by atoms with Crippen molar-refractivity contribution in [3.63, 3.8) is 0 Å².